The predicted molar refractivity (Wildman–Crippen MR) is 104 cm³/mol. The van der Waals surface area contributed by atoms with Gasteiger partial charge in [0.05, 0.1) is 0 Å². The first-order valence-corrected chi connectivity index (χ1v) is 8.73. The van der Waals surface area contributed by atoms with Gasteiger partial charge < -0.3 is 0 Å². The summed E-state index contributed by atoms with van der Waals surface area (Å²) in [4.78, 5) is 0. The van der Waals surface area contributed by atoms with Crippen LogP contribution in [-0.4, -0.2) is 0 Å². The van der Waals surface area contributed by atoms with E-state index in [-0.39, 0.29) is 12.8 Å². The molecule has 1 aliphatic carbocycles. The highest BCUT2D eigenvalue weighted by atomic mass is 14.9. The fourth-order valence-electron chi connectivity index (χ4n) is 3.41. The highest BCUT2D eigenvalue weighted by molar-refractivity contribution is 5.66. The van der Waals surface area contributed by atoms with Crippen LogP contribution in [0.25, 0.3) is 22.4 Å². The molecule has 126 valence electrons. The maximum atomic E-state index is 8.84. The molecule has 0 radical (unpaired) electrons. The molecule has 1 heterocycles. The second-order valence-corrected chi connectivity index (χ2v) is 6.54. The molecule has 1 aromatic heterocycles. The van der Waals surface area contributed by atoms with E-state index < -0.39 is 18.6 Å². The molecule has 1 fully saturated rings. The lowest BCUT2D eigenvalue weighted by molar-refractivity contribution is -0.659. The molecule has 0 spiro atoms. The second kappa shape index (κ2) is 6.84. The summed E-state index contributed by atoms with van der Waals surface area (Å²) in [6, 6.07) is 19.5. The zero-order valence-corrected chi connectivity index (χ0v) is 14.7. The first kappa shape index (κ1) is 11.3. The molecule has 1 saturated carbocycles. The van der Waals surface area contributed by atoms with Gasteiger partial charge in [-0.1, -0.05) is 55.3 Å². The van der Waals surface area contributed by atoms with Gasteiger partial charge in [-0.15, -0.1) is 0 Å². The van der Waals surface area contributed by atoms with E-state index in [1.165, 1.54) is 5.56 Å². The summed E-state index contributed by atoms with van der Waals surface area (Å²) in [6.07, 6.45) is -1.72. The Balaban J connectivity index is 1.77. The molecule has 0 N–H and O–H groups in total. The van der Waals surface area contributed by atoms with Crippen LogP contribution in [0.2, 0.25) is 0 Å². The minimum absolute atomic E-state index is 0.0494. The van der Waals surface area contributed by atoms with Crippen molar-refractivity contribution in [3.63, 3.8) is 0 Å². The van der Waals surface area contributed by atoms with Crippen molar-refractivity contribution >= 4 is 0 Å². The van der Waals surface area contributed by atoms with Crippen LogP contribution < -0.4 is 4.57 Å². The summed E-state index contributed by atoms with van der Waals surface area (Å²) in [5.41, 5.74) is 5.64. The largest absolute Gasteiger partial charge is 0.212 e. The van der Waals surface area contributed by atoms with E-state index in [0.717, 1.165) is 22.4 Å². The standard InChI is InChI=1S/C24H26N/c1-18-8-3-6-13-23(18)24-15-14-22(17-25(24)2)21-12-7-11-20(16-21)19-9-4-5-10-19/h3,6-8,11-17,19H,4-5,9-10H2,1-2H3/q+1/i9D2,10D2,19D. The number of hydrogen-bond acceptors (Lipinski definition) is 0. The van der Waals surface area contributed by atoms with Crippen molar-refractivity contribution < 1.29 is 11.4 Å². The minimum Gasteiger partial charge on any atom is -0.200 e. The molecule has 25 heavy (non-hydrogen) atoms. The van der Waals surface area contributed by atoms with Gasteiger partial charge in [-0.3, -0.25) is 0 Å². The summed E-state index contributed by atoms with van der Waals surface area (Å²) in [5, 5.41) is 0. The van der Waals surface area contributed by atoms with Gasteiger partial charge in [0.2, 0.25) is 5.69 Å². The number of pyridine rings is 1. The van der Waals surface area contributed by atoms with Crippen molar-refractivity contribution in [2.45, 2.75) is 38.4 Å². The third-order valence-electron chi connectivity index (χ3n) is 4.77. The quantitative estimate of drug-likeness (QED) is 0.532. The van der Waals surface area contributed by atoms with Crippen LogP contribution in [0.1, 0.15) is 49.5 Å². The predicted octanol–water partition coefficient (Wildman–Crippen LogP) is 5.81. The van der Waals surface area contributed by atoms with Crippen molar-refractivity contribution in [3.8, 4) is 22.4 Å². The summed E-state index contributed by atoms with van der Waals surface area (Å²) < 4.78 is 44.2. The van der Waals surface area contributed by atoms with Crippen molar-refractivity contribution in [3.05, 3.63) is 78.0 Å². The zero-order valence-electron chi connectivity index (χ0n) is 19.7. The summed E-state index contributed by atoms with van der Waals surface area (Å²) in [6.45, 7) is 2.09. The second-order valence-electron chi connectivity index (χ2n) is 6.54. The van der Waals surface area contributed by atoms with Gasteiger partial charge in [-0.25, -0.2) is 4.57 Å². The van der Waals surface area contributed by atoms with Crippen LogP contribution in [0.3, 0.4) is 0 Å². The lowest BCUT2D eigenvalue weighted by Crippen LogP contribution is -2.30. The molecule has 0 aliphatic heterocycles. The normalized spacial score (nSPS) is 23.0. The average molecular weight is 334 g/mol. The Bertz CT molecular complexity index is 1090. The smallest absolute Gasteiger partial charge is 0.200 e. The van der Waals surface area contributed by atoms with Crippen molar-refractivity contribution in [2.24, 2.45) is 7.05 Å². The lowest BCUT2D eigenvalue weighted by Gasteiger charge is -2.11. The number of aromatic nitrogens is 1. The lowest BCUT2D eigenvalue weighted by atomic mass is 9.94. The van der Waals surface area contributed by atoms with Crippen molar-refractivity contribution in [2.75, 3.05) is 0 Å². The van der Waals surface area contributed by atoms with Gasteiger partial charge in [0, 0.05) is 24.0 Å². The molecule has 0 amide bonds. The van der Waals surface area contributed by atoms with Gasteiger partial charge in [0.1, 0.15) is 7.05 Å². The molecule has 0 atom stereocenters. The number of aryl methyl sites for hydroxylation is 2. The fourth-order valence-corrected chi connectivity index (χ4v) is 3.41. The van der Waals surface area contributed by atoms with E-state index in [1.54, 1.807) is 18.2 Å². The molecule has 0 bridgehead atoms. The Morgan fingerprint density at radius 1 is 0.960 bits per heavy atom. The SMILES string of the molecule is [2H]C1([2H])CCC([2H])([2H])C1([2H])c1cccc(-c2ccc(-c3ccccc3C)[n+](C)c2)c1. The van der Waals surface area contributed by atoms with E-state index in [0.29, 0.717) is 5.56 Å². The molecule has 1 aliphatic rings. The third kappa shape index (κ3) is 3.24. The molecule has 1 heteroatoms. The highest BCUT2D eigenvalue weighted by Gasteiger charge is 2.18. The molecule has 1 nitrogen and oxygen atoms in total. The van der Waals surface area contributed by atoms with Crippen molar-refractivity contribution in [1.29, 1.82) is 0 Å². The number of benzene rings is 2. The average Bonchev–Trinajstić information content (AvgIpc) is 2.89. The van der Waals surface area contributed by atoms with E-state index in [4.69, 9.17) is 6.85 Å². The molecule has 0 saturated heterocycles. The Labute approximate surface area is 158 Å². The van der Waals surface area contributed by atoms with Gasteiger partial charge >= 0.3 is 0 Å². The van der Waals surface area contributed by atoms with E-state index >= 15 is 0 Å². The summed E-state index contributed by atoms with van der Waals surface area (Å²) in [7, 11) is 2.00. The third-order valence-corrected chi connectivity index (χ3v) is 4.77. The Kier molecular flexibility index (Phi) is 3.08. The van der Waals surface area contributed by atoms with Crippen LogP contribution in [0.4, 0.5) is 0 Å². The van der Waals surface area contributed by atoms with E-state index in [1.807, 2.05) is 37.5 Å². The molecular weight excluding hydrogens is 302 g/mol. The topological polar surface area (TPSA) is 3.88 Å². The van der Waals surface area contributed by atoms with Crippen LogP contribution >= 0.6 is 0 Å². The maximum absolute atomic E-state index is 8.84. The zero-order chi connectivity index (χ0) is 21.7. The monoisotopic (exact) mass is 333 g/mol. The summed E-state index contributed by atoms with van der Waals surface area (Å²) >= 11 is 0. The van der Waals surface area contributed by atoms with Gasteiger partial charge in [0.25, 0.3) is 0 Å². The Hall–Kier alpha value is -2.41. The molecule has 2 aromatic carbocycles. The van der Waals surface area contributed by atoms with Crippen LogP contribution in [0.15, 0.2) is 66.9 Å². The van der Waals surface area contributed by atoms with Crippen LogP contribution in [0, 0.1) is 6.92 Å². The maximum Gasteiger partial charge on any atom is 0.212 e. The van der Waals surface area contributed by atoms with Crippen LogP contribution in [0.5, 0.6) is 0 Å². The Morgan fingerprint density at radius 2 is 1.76 bits per heavy atom. The summed E-state index contributed by atoms with van der Waals surface area (Å²) in [5.74, 6) is -1.93. The molecular formula is C24H26N+. The first-order chi connectivity index (χ1) is 14.1. The van der Waals surface area contributed by atoms with Gasteiger partial charge in [-0.05, 0) is 54.4 Å². The van der Waals surface area contributed by atoms with Gasteiger partial charge in [-0.2, -0.15) is 0 Å². The molecule has 3 aromatic rings. The minimum atomic E-state index is -1.93. The molecule has 0 unspecified atom stereocenters. The number of rotatable bonds is 3. The first-order valence-electron chi connectivity index (χ1n) is 11.2. The Morgan fingerprint density at radius 3 is 2.52 bits per heavy atom. The highest BCUT2D eigenvalue weighted by Crippen LogP contribution is 2.35. The molecule has 4 rings (SSSR count). The van der Waals surface area contributed by atoms with E-state index in [2.05, 4.69) is 29.7 Å². The number of nitrogens with zero attached hydrogens (tertiary/aromatic N) is 1. The number of hydrogen-bond donors (Lipinski definition) is 0. The van der Waals surface area contributed by atoms with Gasteiger partial charge in [0.15, 0.2) is 6.20 Å². The van der Waals surface area contributed by atoms with Crippen LogP contribution in [-0.2, 0) is 7.05 Å². The van der Waals surface area contributed by atoms with E-state index in [9.17, 15) is 0 Å². The fraction of sp³-hybridized carbons (Fsp3) is 0.292. The van der Waals surface area contributed by atoms with Crippen molar-refractivity contribution in [1.82, 2.24) is 0 Å².